The van der Waals surface area contributed by atoms with Crippen LogP contribution in [0.15, 0.2) is 194 Å². The quantitative estimate of drug-likeness (QED) is 0.167. The SMILES string of the molecule is Cc1cc(-c2ccccc2)ccc1N1c2cc3sc4ccccc4c3cc2Bc2c(-c3ccc4ccccc4c3Nc3ccc4c(c3)C(C)(C)c3ccccc3-4)cc(-c3c(C)cccc3C)cc21. The maximum absolute atomic E-state index is 4.12. The Morgan fingerprint density at radius 2 is 1.19 bits per heavy atom. The average Bonchev–Trinajstić information content (AvgIpc) is 3.83. The largest absolute Gasteiger partial charge is 0.355 e. The van der Waals surface area contributed by atoms with Gasteiger partial charge in [0.25, 0.3) is 0 Å². The van der Waals surface area contributed by atoms with E-state index in [4.69, 9.17) is 0 Å². The molecule has 0 saturated heterocycles. The summed E-state index contributed by atoms with van der Waals surface area (Å²) in [5.41, 5.74) is 25.0. The molecule has 0 radical (unpaired) electrons. The van der Waals surface area contributed by atoms with Crippen molar-refractivity contribution >= 4 is 88.9 Å². The van der Waals surface area contributed by atoms with Crippen LogP contribution in [0.2, 0.25) is 0 Å². The van der Waals surface area contributed by atoms with Crippen LogP contribution in [-0.2, 0) is 5.41 Å². The Morgan fingerprint density at radius 1 is 0.456 bits per heavy atom. The van der Waals surface area contributed by atoms with E-state index >= 15 is 0 Å². The van der Waals surface area contributed by atoms with Gasteiger partial charge in [-0.1, -0.05) is 165 Å². The van der Waals surface area contributed by atoms with E-state index in [1.54, 1.807) is 0 Å². The van der Waals surface area contributed by atoms with Gasteiger partial charge in [-0.15, -0.1) is 11.3 Å². The van der Waals surface area contributed by atoms with Gasteiger partial charge in [0.1, 0.15) is 0 Å². The van der Waals surface area contributed by atoms with Crippen LogP contribution in [0.4, 0.5) is 28.4 Å². The van der Waals surface area contributed by atoms with Gasteiger partial charge >= 0.3 is 0 Å². The van der Waals surface area contributed by atoms with Crippen LogP contribution in [0.5, 0.6) is 0 Å². The Labute approximate surface area is 403 Å². The molecule has 0 unspecified atom stereocenters. The average molecular weight is 889 g/mol. The number of hydrogen-bond donors (Lipinski definition) is 1. The van der Waals surface area contributed by atoms with Gasteiger partial charge in [0, 0.05) is 53.9 Å². The lowest BCUT2D eigenvalue weighted by Gasteiger charge is -2.36. The third kappa shape index (κ3) is 6.31. The first-order valence-electron chi connectivity index (χ1n) is 23.9. The maximum atomic E-state index is 4.12. The minimum absolute atomic E-state index is 0.114. The van der Waals surface area contributed by atoms with Crippen molar-refractivity contribution in [1.82, 2.24) is 0 Å². The molecular formula is C64H49BN2S. The summed E-state index contributed by atoms with van der Waals surface area (Å²) >= 11 is 1.89. The van der Waals surface area contributed by atoms with Crippen molar-refractivity contribution in [2.24, 2.45) is 0 Å². The number of aryl methyl sites for hydroxylation is 3. The molecule has 0 amide bonds. The van der Waals surface area contributed by atoms with Gasteiger partial charge in [0.2, 0.25) is 0 Å². The van der Waals surface area contributed by atoms with Gasteiger partial charge in [-0.25, -0.2) is 0 Å². The van der Waals surface area contributed by atoms with Crippen molar-refractivity contribution in [3.05, 3.63) is 222 Å². The number of thiophene rings is 1. The first-order chi connectivity index (χ1) is 33.2. The van der Waals surface area contributed by atoms with Gasteiger partial charge < -0.3 is 10.2 Å². The molecule has 13 rings (SSSR count). The minimum Gasteiger partial charge on any atom is -0.355 e. The second-order valence-electron chi connectivity index (χ2n) is 19.5. The normalized spacial score (nSPS) is 13.3. The van der Waals surface area contributed by atoms with E-state index in [1.165, 1.54) is 131 Å². The van der Waals surface area contributed by atoms with Crippen molar-refractivity contribution in [2.45, 2.75) is 40.0 Å². The number of benzene rings is 10. The lowest BCUT2D eigenvalue weighted by Crippen LogP contribution is -2.41. The lowest BCUT2D eigenvalue weighted by molar-refractivity contribution is 0.660. The van der Waals surface area contributed by atoms with Gasteiger partial charge in [-0.3, -0.25) is 0 Å². The molecule has 1 aromatic heterocycles. The summed E-state index contributed by atoms with van der Waals surface area (Å²) in [6.07, 6.45) is 0. The number of hydrogen-bond acceptors (Lipinski definition) is 3. The Kier molecular flexibility index (Phi) is 9.23. The molecule has 2 nitrogen and oxygen atoms in total. The second-order valence-corrected chi connectivity index (χ2v) is 20.6. The summed E-state index contributed by atoms with van der Waals surface area (Å²) in [5, 5.41) is 9.18. The third-order valence-corrected chi connectivity index (χ3v) is 16.2. The molecule has 0 saturated carbocycles. The Hall–Kier alpha value is -7.66. The molecule has 2 aliphatic rings. The van der Waals surface area contributed by atoms with Crippen LogP contribution >= 0.6 is 11.3 Å². The molecule has 4 heteroatoms. The second kappa shape index (κ2) is 15.5. The van der Waals surface area contributed by atoms with E-state index in [0.29, 0.717) is 0 Å². The molecule has 0 fully saturated rings. The van der Waals surface area contributed by atoms with Crippen LogP contribution in [-0.4, -0.2) is 7.28 Å². The summed E-state index contributed by atoms with van der Waals surface area (Å²) in [4.78, 5) is 2.59. The van der Waals surface area contributed by atoms with Crippen LogP contribution < -0.4 is 21.1 Å². The molecule has 0 bridgehead atoms. The highest BCUT2D eigenvalue weighted by Gasteiger charge is 2.36. The van der Waals surface area contributed by atoms with Gasteiger partial charge in [0.15, 0.2) is 7.28 Å². The van der Waals surface area contributed by atoms with Crippen molar-refractivity contribution < 1.29 is 0 Å². The molecule has 1 aliphatic carbocycles. The standard InChI is InChI=1S/C64H49BN2S/c1-38-16-15-17-39(2)61(38)44-33-52(50-29-26-42-20-9-10-21-46(42)63(50)66-45-28-30-48-47-22-11-13-24-53(47)64(4,5)54(48)35-45)62-58(34-44)67(56-31-27-43(32-40(56)3)41-18-7-6-8-19-41)57-37-60-51(36-55(57)65-62)49-23-12-14-25-59(49)68-60/h6-37,65-66H,1-5H3. The van der Waals surface area contributed by atoms with Crippen molar-refractivity contribution in [1.29, 1.82) is 0 Å². The van der Waals surface area contributed by atoms with E-state index in [1.807, 2.05) is 11.3 Å². The molecule has 10 aromatic carbocycles. The van der Waals surface area contributed by atoms with Gasteiger partial charge in [0.05, 0.1) is 5.69 Å². The lowest BCUT2D eigenvalue weighted by atomic mass is 9.57. The predicted molar refractivity (Wildman–Crippen MR) is 296 cm³/mol. The Morgan fingerprint density at radius 3 is 2.03 bits per heavy atom. The van der Waals surface area contributed by atoms with E-state index in [-0.39, 0.29) is 5.41 Å². The molecule has 11 aromatic rings. The molecule has 68 heavy (non-hydrogen) atoms. The van der Waals surface area contributed by atoms with E-state index in [0.717, 1.165) is 18.7 Å². The molecule has 2 heterocycles. The summed E-state index contributed by atoms with van der Waals surface area (Å²) in [7, 11) is 0.794. The minimum atomic E-state index is -0.114. The van der Waals surface area contributed by atoms with Crippen LogP contribution in [0.25, 0.3) is 75.5 Å². The fourth-order valence-corrected chi connectivity index (χ4v) is 12.8. The predicted octanol–water partition coefficient (Wildman–Crippen LogP) is 16.4. The van der Waals surface area contributed by atoms with Crippen LogP contribution in [0.1, 0.15) is 41.7 Å². The Bertz CT molecular complexity index is 3860. The van der Waals surface area contributed by atoms with Crippen LogP contribution in [0, 0.1) is 20.8 Å². The molecule has 0 spiro atoms. The van der Waals surface area contributed by atoms with Crippen molar-refractivity contribution in [3.63, 3.8) is 0 Å². The zero-order chi connectivity index (χ0) is 45.8. The molecule has 1 N–H and O–H groups in total. The monoisotopic (exact) mass is 888 g/mol. The smallest absolute Gasteiger partial charge is 0.198 e. The molecule has 0 atom stereocenters. The fraction of sp³-hybridized carbons (Fsp3) is 0.0938. The first kappa shape index (κ1) is 40.6. The molecule has 324 valence electrons. The molecular weight excluding hydrogens is 840 g/mol. The highest BCUT2D eigenvalue weighted by molar-refractivity contribution is 7.25. The van der Waals surface area contributed by atoms with E-state index in [2.05, 4.69) is 239 Å². The number of fused-ring (bicyclic) bond motifs is 9. The number of anilines is 5. The van der Waals surface area contributed by atoms with Gasteiger partial charge in [-0.05, 0) is 152 Å². The zero-order valence-electron chi connectivity index (χ0n) is 39.0. The van der Waals surface area contributed by atoms with E-state index in [9.17, 15) is 0 Å². The number of nitrogens with zero attached hydrogens (tertiary/aromatic N) is 1. The maximum Gasteiger partial charge on any atom is 0.198 e. The van der Waals surface area contributed by atoms with Gasteiger partial charge in [-0.2, -0.15) is 0 Å². The number of rotatable bonds is 6. The summed E-state index contributed by atoms with van der Waals surface area (Å²) in [5.74, 6) is 0. The Balaban J connectivity index is 1.08. The number of nitrogens with one attached hydrogen (secondary N) is 1. The highest BCUT2D eigenvalue weighted by Crippen LogP contribution is 2.51. The highest BCUT2D eigenvalue weighted by atomic mass is 32.1. The van der Waals surface area contributed by atoms with E-state index < -0.39 is 0 Å². The first-order valence-corrected chi connectivity index (χ1v) is 24.7. The molecule has 1 aliphatic heterocycles. The zero-order valence-corrected chi connectivity index (χ0v) is 39.9. The summed E-state index contributed by atoms with van der Waals surface area (Å²) in [6, 6.07) is 72.8. The van der Waals surface area contributed by atoms with Crippen molar-refractivity contribution in [2.75, 3.05) is 10.2 Å². The third-order valence-electron chi connectivity index (χ3n) is 15.0. The summed E-state index contributed by atoms with van der Waals surface area (Å²) < 4.78 is 2.63. The summed E-state index contributed by atoms with van der Waals surface area (Å²) in [6.45, 7) is 11.5. The van der Waals surface area contributed by atoms with Crippen LogP contribution in [0.3, 0.4) is 0 Å². The van der Waals surface area contributed by atoms with Crippen molar-refractivity contribution in [3.8, 4) is 44.5 Å². The fourth-order valence-electron chi connectivity index (χ4n) is 11.7. The topological polar surface area (TPSA) is 15.3 Å².